The molecule has 1 aromatic heterocycles. The van der Waals surface area contributed by atoms with Crippen molar-refractivity contribution in [2.45, 2.75) is 25.4 Å². The minimum absolute atomic E-state index is 0.00779. The largest absolute Gasteiger partial charge is 0.371 e. The summed E-state index contributed by atoms with van der Waals surface area (Å²) in [6, 6.07) is 9.02. The lowest BCUT2D eigenvalue weighted by Crippen LogP contribution is -2.11. The molecular formula is C15H14N4O2S. The van der Waals surface area contributed by atoms with Crippen molar-refractivity contribution in [3.05, 3.63) is 40.4 Å². The molecule has 0 saturated carbocycles. The SMILES string of the molecule is N#CCc1ccc(C(=O)Nc2nnc(C3CCCO3)s2)cc1. The van der Waals surface area contributed by atoms with Crippen LogP contribution in [0.4, 0.5) is 5.13 Å². The minimum atomic E-state index is -0.237. The van der Waals surface area contributed by atoms with Crippen LogP contribution in [0.15, 0.2) is 24.3 Å². The number of nitrogens with zero attached hydrogens (tertiary/aromatic N) is 3. The molecule has 1 aromatic carbocycles. The highest BCUT2D eigenvalue weighted by molar-refractivity contribution is 7.15. The van der Waals surface area contributed by atoms with Crippen LogP contribution in [0.1, 0.15) is 39.9 Å². The smallest absolute Gasteiger partial charge is 0.257 e. The Kier molecular flexibility index (Phi) is 4.42. The fourth-order valence-electron chi connectivity index (χ4n) is 2.22. The van der Waals surface area contributed by atoms with Crippen LogP contribution in [0, 0.1) is 11.3 Å². The maximum Gasteiger partial charge on any atom is 0.257 e. The second-order valence-electron chi connectivity index (χ2n) is 4.93. The Hall–Kier alpha value is -2.30. The fourth-order valence-corrected chi connectivity index (χ4v) is 3.04. The van der Waals surface area contributed by atoms with Crippen molar-refractivity contribution < 1.29 is 9.53 Å². The maximum atomic E-state index is 12.1. The third-order valence-corrected chi connectivity index (χ3v) is 4.30. The van der Waals surface area contributed by atoms with E-state index in [2.05, 4.69) is 21.6 Å². The molecule has 1 fully saturated rings. The second-order valence-corrected chi connectivity index (χ2v) is 5.94. The lowest BCUT2D eigenvalue weighted by Gasteiger charge is -2.03. The summed E-state index contributed by atoms with van der Waals surface area (Å²) >= 11 is 1.34. The Bertz CT molecular complexity index is 699. The molecule has 22 heavy (non-hydrogen) atoms. The number of anilines is 1. The van der Waals surface area contributed by atoms with E-state index >= 15 is 0 Å². The summed E-state index contributed by atoms with van der Waals surface area (Å²) < 4.78 is 5.55. The van der Waals surface area contributed by atoms with Crippen molar-refractivity contribution in [3.63, 3.8) is 0 Å². The van der Waals surface area contributed by atoms with Crippen LogP contribution < -0.4 is 5.32 Å². The van der Waals surface area contributed by atoms with Gasteiger partial charge < -0.3 is 4.74 Å². The molecule has 1 atom stereocenters. The molecular weight excluding hydrogens is 300 g/mol. The predicted octanol–water partition coefficient (Wildman–Crippen LogP) is 2.71. The summed E-state index contributed by atoms with van der Waals surface area (Å²) in [5, 5.41) is 20.7. The highest BCUT2D eigenvalue weighted by atomic mass is 32.1. The average Bonchev–Trinajstić information content (AvgIpc) is 3.19. The number of benzene rings is 1. The molecule has 1 saturated heterocycles. The Morgan fingerprint density at radius 3 is 2.91 bits per heavy atom. The van der Waals surface area contributed by atoms with Crippen LogP contribution in [0.2, 0.25) is 0 Å². The Morgan fingerprint density at radius 1 is 1.41 bits per heavy atom. The van der Waals surface area contributed by atoms with Gasteiger partial charge in [-0.05, 0) is 30.5 Å². The van der Waals surface area contributed by atoms with Gasteiger partial charge in [0.1, 0.15) is 11.1 Å². The van der Waals surface area contributed by atoms with Gasteiger partial charge in [-0.15, -0.1) is 10.2 Å². The van der Waals surface area contributed by atoms with E-state index in [1.165, 1.54) is 11.3 Å². The lowest BCUT2D eigenvalue weighted by molar-refractivity contribution is 0.102. The highest BCUT2D eigenvalue weighted by Crippen LogP contribution is 2.31. The van der Waals surface area contributed by atoms with E-state index in [0.29, 0.717) is 17.1 Å². The van der Waals surface area contributed by atoms with Gasteiger partial charge >= 0.3 is 0 Å². The second kappa shape index (κ2) is 6.64. The summed E-state index contributed by atoms with van der Waals surface area (Å²) in [5.41, 5.74) is 1.41. The number of ether oxygens (including phenoxy) is 1. The zero-order valence-corrected chi connectivity index (χ0v) is 12.6. The van der Waals surface area contributed by atoms with Crippen molar-refractivity contribution in [2.75, 3.05) is 11.9 Å². The van der Waals surface area contributed by atoms with E-state index in [1.807, 2.05) is 0 Å². The number of rotatable bonds is 4. The number of aromatic nitrogens is 2. The molecule has 0 bridgehead atoms. The maximum absolute atomic E-state index is 12.1. The molecule has 6 nitrogen and oxygen atoms in total. The van der Waals surface area contributed by atoms with E-state index in [0.717, 1.165) is 30.0 Å². The molecule has 3 rings (SSSR count). The fraction of sp³-hybridized carbons (Fsp3) is 0.333. The molecule has 0 spiro atoms. The monoisotopic (exact) mass is 314 g/mol. The molecule has 112 valence electrons. The van der Waals surface area contributed by atoms with Gasteiger partial charge in [-0.1, -0.05) is 23.5 Å². The first kappa shape index (κ1) is 14.6. The molecule has 0 aliphatic carbocycles. The number of carbonyl (C=O) groups is 1. The van der Waals surface area contributed by atoms with Crippen molar-refractivity contribution in [3.8, 4) is 6.07 Å². The van der Waals surface area contributed by atoms with E-state index in [1.54, 1.807) is 24.3 Å². The first-order valence-electron chi connectivity index (χ1n) is 6.98. The first-order chi connectivity index (χ1) is 10.8. The summed E-state index contributed by atoms with van der Waals surface area (Å²) in [4.78, 5) is 12.1. The van der Waals surface area contributed by atoms with Gasteiger partial charge in [0.05, 0.1) is 12.5 Å². The number of carbonyl (C=O) groups excluding carboxylic acids is 1. The van der Waals surface area contributed by atoms with E-state index in [4.69, 9.17) is 10.00 Å². The van der Waals surface area contributed by atoms with Gasteiger partial charge in [-0.2, -0.15) is 5.26 Å². The van der Waals surface area contributed by atoms with Crippen molar-refractivity contribution in [2.24, 2.45) is 0 Å². The van der Waals surface area contributed by atoms with Gasteiger partial charge in [0, 0.05) is 12.2 Å². The molecule has 0 radical (unpaired) electrons. The summed E-state index contributed by atoms with van der Waals surface area (Å²) in [5.74, 6) is -0.237. The van der Waals surface area contributed by atoms with E-state index < -0.39 is 0 Å². The van der Waals surface area contributed by atoms with Gasteiger partial charge in [-0.25, -0.2) is 0 Å². The van der Waals surface area contributed by atoms with Crippen LogP contribution >= 0.6 is 11.3 Å². The number of hydrogen-bond donors (Lipinski definition) is 1. The predicted molar refractivity (Wildman–Crippen MR) is 81.5 cm³/mol. The minimum Gasteiger partial charge on any atom is -0.371 e. The van der Waals surface area contributed by atoms with Gasteiger partial charge in [0.15, 0.2) is 0 Å². The third-order valence-electron chi connectivity index (χ3n) is 3.37. The number of nitrogens with one attached hydrogen (secondary N) is 1. The average molecular weight is 314 g/mol. The number of amides is 1. The third kappa shape index (κ3) is 3.30. The Labute approximate surface area is 131 Å². The summed E-state index contributed by atoms with van der Waals surface area (Å²) in [6.45, 7) is 0.751. The number of hydrogen-bond acceptors (Lipinski definition) is 6. The highest BCUT2D eigenvalue weighted by Gasteiger charge is 2.22. The molecule has 2 heterocycles. The molecule has 1 aliphatic heterocycles. The zero-order valence-electron chi connectivity index (χ0n) is 11.8. The van der Waals surface area contributed by atoms with E-state index in [9.17, 15) is 4.79 Å². The van der Waals surface area contributed by atoms with Crippen molar-refractivity contribution in [1.29, 1.82) is 5.26 Å². The van der Waals surface area contributed by atoms with Crippen LogP contribution in [0.5, 0.6) is 0 Å². The molecule has 1 amide bonds. The molecule has 1 unspecified atom stereocenters. The Morgan fingerprint density at radius 2 is 2.23 bits per heavy atom. The van der Waals surface area contributed by atoms with Gasteiger partial charge in [0.25, 0.3) is 5.91 Å². The standard InChI is InChI=1S/C15H14N4O2S/c16-8-7-10-3-5-11(6-4-10)13(20)17-15-19-18-14(22-15)12-2-1-9-21-12/h3-6,12H,1-2,7,9H2,(H,17,19,20). The lowest BCUT2D eigenvalue weighted by atomic mass is 10.1. The quantitative estimate of drug-likeness (QED) is 0.937. The van der Waals surface area contributed by atoms with Crippen LogP contribution in [0.3, 0.4) is 0 Å². The van der Waals surface area contributed by atoms with Crippen LogP contribution in [-0.4, -0.2) is 22.7 Å². The Balaban J connectivity index is 1.65. The van der Waals surface area contributed by atoms with Crippen LogP contribution in [-0.2, 0) is 11.2 Å². The topological polar surface area (TPSA) is 87.9 Å². The van der Waals surface area contributed by atoms with Gasteiger partial charge in [-0.3, -0.25) is 10.1 Å². The molecule has 1 aliphatic rings. The number of nitriles is 1. The van der Waals surface area contributed by atoms with Crippen LogP contribution in [0.25, 0.3) is 0 Å². The van der Waals surface area contributed by atoms with E-state index in [-0.39, 0.29) is 12.0 Å². The normalized spacial score (nSPS) is 17.1. The zero-order chi connectivity index (χ0) is 15.4. The van der Waals surface area contributed by atoms with Crippen molar-refractivity contribution >= 4 is 22.4 Å². The van der Waals surface area contributed by atoms with Crippen molar-refractivity contribution in [1.82, 2.24) is 10.2 Å². The summed E-state index contributed by atoms with van der Waals surface area (Å²) in [6.07, 6.45) is 2.32. The first-order valence-corrected chi connectivity index (χ1v) is 7.80. The summed E-state index contributed by atoms with van der Waals surface area (Å²) in [7, 11) is 0. The molecule has 1 N–H and O–H groups in total. The molecule has 2 aromatic rings. The van der Waals surface area contributed by atoms with Gasteiger partial charge in [0.2, 0.25) is 5.13 Å². The molecule has 7 heteroatoms.